The molecule has 28 heavy (non-hydrogen) atoms. The summed E-state index contributed by atoms with van der Waals surface area (Å²) in [6.45, 7) is 5.34. The Morgan fingerprint density at radius 1 is 1.25 bits per heavy atom. The molecular weight excluding hydrogens is 356 g/mol. The lowest BCUT2D eigenvalue weighted by Gasteiger charge is -2.16. The minimum atomic E-state index is 0.294. The van der Waals surface area contributed by atoms with E-state index in [2.05, 4.69) is 26.6 Å². The van der Waals surface area contributed by atoms with E-state index in [1.807, 2.05) is 32.3 Å². The normalized spacial score (nSPS) is 17.1. The Balaban J connectivity index is 1.63. The molecule has 158 valence electrons. The molecule has 0 radical (unpaired) electrons. The van der Waals surface area contributed by atoms with Crippen LogP contribution in [0.1, 0.15) is 24.8 Å². The molecule has 0 bridgehead atoms. The quantitative estimate of drug-likeness (QED) is 0.322. The minimum Gasteiger partial charge on any atom is -0.492 e. The number of likely N-dealkylation sites (N-methyl/N-ethyl adjacent to an activating group) is 1. The predicted molar refractivity (Wildman–Crippen MR) is 113 cm³/mol. The lowest BCUT2D eigenvalue weighted by atomic mass is 10.2. The molecule has 1 atom stereocenters. The molecule has 2 N–H and O–H groups in total. The van der Waals surface area contributed by atoms with Gasteiger partial charge in [-0.1, -0.05) is 18.2 Å². The summed E-state index contributed by atoms with van der Waals surface area (Å²) < 4.78 is 17.2. The third kappa shape index (κ3) is 8.91. The fourth-order valence-electron chi connectivity index (χ4n) is 2.90. The van der Waals surface area contributed by atoms with Gasteiger partial charge < -0.3 is 29.7 Å². The van der Waals surface area contributed by atoms with Crippen molar-refractivity contribution in [3.63, 3.8) is 0 Å². The Morgan fingerprint density at radius 3 is 2.86 bits per heavy atom. The second-order valence-electron chi connectivity index (χ2n) is 7.18. The number of hydrogen-bond acceptors (Lipinski definition) is 5. The van der Waals surface area contributed by atoms with Crippen molar-refractivity contribution in [1.29, 1.82) is 0 Å². The monoisotopic (exact) mass is 392 g/mol. The summed E-state index contributed by atoms with van der Waals surface area (Å²) in [5.41, 5.74) is 1.11. The predicted octanol–water partition coefficient (Wildman–Crippen LogP) is 1.88. The second kappa shape index (κ2) is 13.4. The van der Waals surface area contributed by atoms with Gasteiger partial charge >= 0.3 is 0 Å². The van der Waals surface area contributed by atoms with Crippen LogP contribution in [0.3, 0.4) is 0 Å². The highest BCUT2D eigenvalue weighted by atomic mass is 16.5. The van der Waals surface area contributed by atoms with Gasteiger partial charge in [-0.2, -0.15) is 0 Å². The zero-order valence-corrected chi connectivity index (χ0v) is 17.6. The largest absolute Gasteiger partial charge is 0.492 e. The van der Waals surface area contributed by atoms with E-state index in [-0.39, 0.29) is 0 Å². The van der Waals surface area contributed by atoms with Crippen LogP contribution in [-0.2, 0) is 16.0 Å². The van der Waals surface area contributed by atoms with Crippen molar-refractivity contribution in [3.05, 3.63) is 29.8 Å². The van der Waals surface area contributed by atoms with Crippen LogP contribution in [0, 0.1) is 0 Å². The third-order valence-electron chi connectivity index (χ3n) is 4.52. The average Bonchev–Trinajstić information content (AvgIpc) is 3.21. The first-order valence-corrected chi connectivity index (χ1v) is 10.2. The Labute approximate surface area is 169 Å². The number of hydrogen-bond donors (Lipinski definition) is 2. The number of benzene rings is 1. The second-order valence-corrected chi connectivity index (χ2v) is 7.18. The molecule has 1 fully saturated rings. The highest BCUT2D eigenvalue weighted by molar-refractivity contribution is 5.79. The summed E-state index contributed by atoms with van der Waals surface area (Å²) in [7, 11) is 5.86. The number of nitrogens with one attached hydrogen (secondary N) is 2. The molecule has 7 heteroatoms. The van der Waals surface area contributed by atoms with Crippen molar-refractivity contribution in [3.8, 4) is 5.75 Å². The van der Waals surface area contributed by atoms with Gasteiger partial charge in [-0.25, -0.2) is 0 Å². The van der Waals surface area contributed by atoms with Gasteiger partial charge in [-0.05, 0) is 39.4 Å². The van der Waals surface area contributed by atoms with Crippen LogP contribution in [0.15, 0.2) is 29.3 Å². The molecule has 0 saturated carbocycles. The van der Waals surface area contributed by atoms with E-state index in [0.29, 0.717) is 25.9 Å². The molecule has 1 aliphatic heterocycles. The van der Waals surface area contributed by atoms with Gasteiger partial charge in [0.1, 0.15) is 12.4 Å². The molecule has 7 nitrogen and oxygen atoms in total. The van der Waals surface area contributed by atoms with Crippen LogP contribution >= 0.6 is 0 Å². The molecular formula is C21H36N4O3. The average molecular weight is 393 g/mol. The number of rotatable bonds is 12. The summed E-state index contributed by atoms with van der Waals surface area (Å²) >= 11 is 0. The fraction of sp³-hybridized carbons (Fsp3) is 0.667. The molecule has 0 amide bonds. The van der Waals surface area contributed by atoms with Crippen molar-refractivity contribution < 1.29 is 14.2 Å². The Kier molecular flexibility index (Phi) is 10.7. The maximum Gasteiger partial charge on any atom is 0.191 e. The number of nitrogens with zero attached hydrogens (tertiary/aromatic N) is 2. The minimum absolute atomic E-state index is 0.294. The Morgan fingerprint density at radius 2 is 2.11 bits per heavy atom. The maximum absolute atomic E-state index is 5.91. The van der Waals surface area contributed by atoms with E-state index in [1.54, 1.807) is 7.05 Å². The number of aliphatic imine (C=N–C) groups is 1. The molecule has 1 unspecified atom stereocenters. The summed E-state index contributed by atoms with van der Waals surface area (Å²) in [5.74, 6) is 1.69. The molecule has 0 spiro atoms. The smallest absolute Gasteiger partial charge is 0.191 e. The van der Waals surface area contributed by atoms with Crippen molar-refractivity contribution >= 4 is 5.96 Å². The van der Waals surface area contributed by atoms with Crippen LogP contribution < -0.4 is 15.4 Å². The molecule has 1 aliphatic rings. The molecule has 1 aromatic rings. The maximum atomic E-state index is 5.91. The van der Waals surface area contributed by atoms with E-state index in [1.165, 1.54) is 0 Å². The van der Waals surface area contributed by atoms with E-state index in [0.717, 1.165) is 62.8 Å². The summed E-state index contributed by atoms with van der Waals surface area (Å²) in [4.78, 5) is 6.39. The third-order valence-corrected chi connectivity index (χ3v) is 4.52. The van der Waals surface area contributed by atoms with Crippen LogP contribution in [0.25, 0.3) is 0 Å². The van der Waals surface area contributed by atoms with E-state index >= 15 is 0 Å². The first kappa shape index (κ1) is 22.5. The van der Waals surface area contributed by atoms with Crippen molar-refractivity contribution in [2.24, 2.45) is 4.99 Å². The van der Waals surface area contributed by atoms with Gasteiger partial charge in [0.2, 0.25) is 0 Å². The van der Waals surface area contributed by atoms with Gasteiger partial charge in [0.15, 0.2) is 5.96 Å². The van der Waals surface area contributed by atoms with Gasteiger partial charge in [0.05, 0.1) is 12.7 Å². The zero-order valence-electron chi connectivity index (χ0n) is 17.6. The fourth-order valence-corrected chi connectivity index (χ4v) is 2.90. The van der Waals surface area contributed by atoms with Crippen molar-refractivity contribution in [2.45, 2.75) is 31.9 Å². The van der Waals surface area contributed by atoms with Crippen LogP contribution in [0.5, 0.6) is 5.75 Å². The summed E-state index contributed by atoms with van der Waals surface area (Å²) in [5, 5.41) is 6.67. The lowest BCUT2D eigenvalue weighted by Crippen LogP contribution is -2.37. The Bertz CT molecular complexity index is 575. The van der Waals surface area contributed by atoms with Crippen molar-refractivity contribution in [1.82, 2.24) is 15.5 Å². The zero-order chi connectivity index (χ0) is 20.0. The number of ether oxygens (including phenoxy) is 3. The first-order valence-electron chi connectivity index (χ1n) is 10.2. The molecule has 0 aliphatic carbocycles. The van der Waals surface area contributed by atoms with Gasteiger partial charge in [0, 0.05) is 45.5 Å². The molecule has 1 heterocycles. The van der Waals surface area contributed by atoms with Crippen molar-refractivity contribution in [2.75, 3.05) is 60.7 Å². The van der Waals surface area contributed by atoms with Gasteiger partial charge in [-0.3, -0.25) is 4.99 Å². The van der Waals surface area contributed by atoms with Crippen LogP contribution in [-0.4, -0.2) is 77.6 Å². The molecule has 0 aromatic heterocycles. The number of guanidine groups is 1. The highest BCUT2D eigenvalue weighted by Crippen LogP contribution is 2.17. The van der Waals surface area contributed by atoms with Crippen LogP contribution in [0.2, 0.25) is 0 Å². The molecule has 1 saturated heterocycles. The Hall–Kier alpha value is -1.83. The summed E-state index contributed by atoms with van der Waals surface area (Å²) in [6.07, 6.45) is 3.50. The first-order chi connectivity index (χ1) is 13.7. The molecule has 1 aromatic carbocycles. The van der Waals surface area contributed by atoms with E-state index in [4.69, 9.17) is 14.2 Å². The topological polar surface area (TPSA) is 67.4 Å². The number of para-hydroxylation sites is 1. The summed E-state index contributed by atoms with van der Waals surface area (Å²) in [6, 6.07) is 8.11. The van der Waals surface area contributed by atoms with E-state index in [9.17, 15) is 0 Å². The highest BCUT2D eigenvalue weighted by Gasteiger charge is 2.14. The lowest BCUT2D eigenvalue weighted by molar-refractivity contribution is 0.0168. The molecule has 2 rings (SSSR count). The van der Waals surface area contributed by atoms with Gasteiger partial charge in [0.25, 0.3) is 0 Å². The SMILES string of the molecule is CN=C(NCCCOCC1CCCO1)NCc1ccccc1OCCN(C)C. The van der Waals surface area contributed by atoms with Gasteiger partial charge in [-0.15, -0.1) is 0 Å². The van der Waals surface area contributed by atoms with E-state index < -0.39 is 0 Å². The van der Waals surface area contributed by atoms with Crippen LogP contribution in [0.4, 0.5) is 0 Å². The standard InChI is InChI=1S/C21H36N4O3/c1-22-21(23-11-7-13-26-17-19-9-6-14-27-19)24-16-18-8-4-5-10-20(18)28-15-12-25(2)3/h4-5,8,10,19H,6-7,9,11-17H2,1-3H3,(H2,22,23,24).